The first kappa shape index (κ1) is 18.9. The van der Waals surface area contributed by atoms with Gasteiger partial charge in [-0.3, -0.25) is 4.79 Å². The zero-order chi connectivity index (χ0) is 18.9. The number of hydrogen-bond donors (Lipinski definition) is 3. The fourth-order valence-corrected chi connectivity index (χ4v) is 2.14. The molecular weight excluding hydrogens is 330 g/mol. The molecule has 26 heavy (non-hydrogen) atoms. The first-order valence-electron chi connectivity index (χ1n) is 8.07. The number of ether oxygens (including phenoxy) is 1. The number of aryl methyl sites for hydroxylation is 2. The highest BCUT2D eigenvalue weighted by molar-refractivity contribution is 5.95. The predicted octanol–water partition coefficient (Wildman–Crippen LogP) is 2.61. The summed E-state index contributed by atoms with van der Waals surface area (Å²) in [6.07, 6.45) is 0. The van der Waals surface area contributed by atoms with Crippen molar-refractivity contribution in [2.45, 2.75) is 13.8 Å². The van der Waals surface area contributed by atoms with E-state index in [9.17, 15) is 9.59 Å². The number of nitrogens with two attached hydrogens (primary N) is 1. The molecule has 6 nitrogen and oxygen atoms in total. The standard InChI is InChI=1S/C20H21N3O3/c1-14-9-10-16(13-15(14)2)23-20(25)22-11-5-6-12-26-18-8-4-3-7-17(18)19(21)24/h3-4,7-10,13H,11-12H2,1-2H3,(H2,21,24)(H2,22,23,25). The van der Waals surface area contributed by atoms with E-state index < -0.39 is 5.91 Å². The molecule has 0 radical (unpaired) electrons. The van der Waals surface area contributed by atoms with Crippen LogP contribution in [-0.4, -0.2) is 25.1 Å². The van der Waals surface area contributed by atoms with Crippen molar-refractivity contribution in [1.29, 1.82) is 0 Å². The van der Waals surface area contributed by atoms with Crippen LogP contribution in [0.4, 0.5) is 10.5 Å². The Morgan fingerprint density at radius 3 is 2.58 bits per heavy atom. The van der Waals surface area contributed by atoms with E-state index in [1.807, 2.05) is 32.0 Å². The number of rotatable bonds is 5. The van der Waals surface area contributed by atoms with Gasteiger partial charge in [0.2, 0.25) is 0 Å². The second-order valence-corrected chi connectivity index (χ2v) is 5.61. The monoisotopic (exact) mass is 351 g/mol. The summed E-state index contributed by atoms with van der Waals surface area (Å²) < 4.78 is 5.42. The summed E-state index contributed by atoms with van der Waals surface area (Å²) in [6, 6.07) is 12.1. The van der Waals surface area contributed by atoms with Gasteiger partial charge in [0.25, 0.3) is 5.91 Å². The van der Waals surface area contributed by atoms with Crippen molar-refractivity contribution in [3.05, 3.63) is 59.2 Å². The van der Waals surface area contributed by atoms with Crippen LogP contribution in [0.3, 0.4) is 0 Å². The van der Waals surface area contributed by atoms with Crippen molar-refractivity contribution < 1.29 is 14.3 Å². The molecule has 2 aromatic carbocycles. The van der Waals surface area contributed by atoms with Gasteiger partial charge in [-0.2, -0.15) is 0 Å². The van der Waals surface area contributed by atoms with Crippen molar-refractivity contribution in [1.82, 2.24) is 5.32 Å². The Labute approximate surface area is 152 Å². The van der Waals surface area contributed by atoms with Gasteiger partial charge in [-0.1, -0.05) is 30.0 Å². The van der Waals surface area contributed by atoms with Crippen molar-refractivity contribution in [2.24, 2.45) is 5.73 Å². The lowest BCUT2D eigenvalue weighted by Gasteiger charge is -2.07. The molecule has 0 aromatic heterocycles. The average molecular weight is 351 g/mol. The second kappa shape index (κ2) is 9.14. The molecule has 134 valence electrons. The first-order chi connectivity index (χ1) is 12.5. The highest BCUT2D eigenvalue weighted by Crippen LogP contribution is 2.16. The fraction of sp³-hybridized carbons (Fsp3) is 0.200. The van der Waals surface area contributed by atoms with Gasteiger partial charge in [0.15, 0.2) is 0 Å². The third kappa shape index (κ3) is 5.56. The number of carbonyl (C=O) groups is 2. The lowest BCUT2D eigenvalue weighted by atomic mass is 10.1. The minimum absolute atomic E-state index is 0.0880. The normalized spacial score (nSPS) is 9.62. The summed E-state index contributed by atoms with van der Waals surface area (Å²) in [5.74, 6) is 5.37. The van der Waals surface area contributed by atoms with Gasteiger partial charge < -0.3 is 21.1 Å². The van der Waals surface area contributed by atoms with E-state index in [-0.39, 0.29) is 19.2 Å². The van der Waals surface area contributed by atoms with E-state index in [0.717, 1.165) is 11.3 Å². The molecule has 0 unspecified atom stereocenters. The first-order valence-corrected chi connectivity index (χ1v) is 8.07. The number of urea groups is 1. The maximum atomic E-state index is 11.8. The van der Waals surface area contributed by atoms with E-state index in [2.05, 4.69) is 22.5 Å². The summed E-state index contributed by atoms with van der Waals surface area (Å²) in [7, 11) is 0. The molecule has 4 N–H and O–H groups in total. The summed E-state index contributed by atoms with van der Waals surface area (Å²) in [5, 5.41) is 5.39. The Morgan fingerprint density at radius 1 is 1.08 bits per heavy atom. The largest absolute Gasteiger partial charge is 0.480 e. The smallest absolute Gasteiger partial charge is 0.319 e. The summed E-state index contributed by atoms with van der Waals surface area (Å²) in [6.45, 7) is 4.27. The molecule has 2 aromatic rings. The molecule has 0 fully saturated rings. The Bertz CT molecular complexity index is 866. The topological polar surface area (TPSA) is 93.4 Å². The quantitative estimate of drug-likeness (QED) is 0.723. The molecule has 0 aliphatic rings. The van der Waals surface area contributed by atoms with Crippen molar-refractivity contribution in [2.75, 3.05) is 18.5 Å². The number of anilines is 1. The highest BCUT2D eigenvalue weighted by Gasteiger charge is 2.07. The Hall–Kier alpha value is -3.46. The SMILES string of the molecule is Cc1ccc(NC(=O)NCC#CCOc2ccccc2C(N)=O)cc1C. The lowest BCUT2D eigenvalue weighted by molar-refractivity contribution is 0.0997. The van der Waals surface area contributed by atoms with Crippen LogP contribution in [0, 0.1) is 25.7 Å². The molecular formula is C20H21N3O3. The maximum Gasteiger partial charge on any atom is 0.319 e. The van der Waals surface area contributed by atoms with Crippen LogP contribution in [0.1, 0.15) is 21.5 Å². The van der Waals surface area contributed by atoms with Crippen molar-refractivity contribution in [3.63, 3.8) is 0 Å². The summed E-state index contributed by atoms with van der Waals surface area (Å²) in [5.41, 5.74) is 8.58. The van der Waals surface area contributed by atoms with Gasteiger partial charge >= 0.3 is 6.03 Å². The average Bonchev–Trinajstić information content (AvgIpc) is 2.61. The van der Waals surface area contributed by atoms with Crippen LogP contribution in [0.5, 0.6) is 5.75 Å². The zero-order valence-electron chi connectivity index (χ0n) is 14.8. The number of amides is 3. The van der Waals surface area contributed by atoms with E-state index >= 15 is 0 Å². The van der Waals surface area contributed by atoms with Crippen LogP contribution < -0.4 is 21.1 Å². The van der Waals surface area contributed by atoms with Gasteiger partial charge in [0.05, 0.1) is 12.1 Å². The maximum absolute atomic E-state index is 11.8. The van der Waals surface area contributed by atoms with Crippen LogP contribution in [0.25, 0.3) is 0 Å². The Balaban J connectivity index is 1.76. The van der Waals surface area contributed by atoms with Gasteiger partial charge in [0.1, 0.15) is 12.4 Å². The summed E-state index contributed by atoms with van der Waals surface area (Å²) in [4.78, 5) is 23.1. The summed E-state index contributed by atoms with van der Waals surface area (Å²) >= 11 is 0. The minimum atomic E-state index is -0.557. The van der Waals surface area contributed by atoms with Crippen molar-refractivity contribution in [3.8, 4) is 17.6 Å². The van der Waals surface area contributed by atoms with Gasteiger partial charge in [-0.25, -0.2) is 4.79 Å². The minimum Gasteiger partial charge on any atom is -0.480 e. The van der Waals surface area contributed by atoms with E-state index in [0.29, 0.717) is 11.3 Å². The molecule has 0 aliphatic carbocycles. The molecule has 0 spiro atoms. The van der Waals surface area contributed by atoms with Gasteiger partial charge in [0, 0.05) is 5.69 Å². The molecule has 0 aliphatic heterocycles. The third-order valence-corrected chi connectivity index (χ3v) is 3.68. The Kier molecular flexibility index (Phi) is 6.63. The van der Waals surface area contributed by atoms with Crippen LogP contribution >= 0.6 is 0 Å². The number of para-hydroxylation sites is 1. The fourth-order valence-electron chi connectivity index (χ4n) is 2.14. The second-order valence-electron chi connectivity index (χ2n) is 5.61. The molecule has 0 saturated carbocycles. The van der Waals surface area contributed by atoms with Gasteiger partial charge in [-0.05, 0) is 49.2 Å². The number of nitrogens with one attached hydrogen (secondary N) is 2. The molecule has 0 saturated heterocycles. The van der Waals surface area contributed by atoms with E-state index in [1.54, 1.807) is 24.3 Å². The molecule has 6 heteroatoms. The molecule has 0 bridgehead atoms. The number of benzene rings is 2. The number of primary amides is 1. The highest BCUT2D eigenvalue weighted by atomic mass is 16.5. The lowest BCUT2D eigenvalue weighted by Crippen LogP contribution is -2.29. The zero-order valence-corrected chi connectivity index (χ0v) is 14.8. The number of hydrogen-bond acceptors (Lipinski definition) is 3. The van der Waals surface area contributed by atoms with E-state index in [4.69, 9.17) is 10.5 Å². The van der Waals surface area contributed by atoms with E-state index in [1.165, 1.54) is 5.56 Å². The predicted molar refractivity (Wildman–Crippen MR) is 101 cm³/mol. The molecule has 0 heterocycles. The third-order valence-electron chi connectivity index (χ3n) is 3.68. The van der Waals surface area contributed by atoms with Gasteiger partial charge in [-0.15, -0.1) is 0 Å². The Morgan fingerprint density at radius 2 is 1.85 bits per heavy atom. The molecule has 3 amide bonds. The van der Waals surface area contributed by atoms with Crippen molar-refractivity contribution >= 4 is 17.6 Å². The molecule has 2 rings (SSSR count). The number of carbonyl (C=O) groups excluding carboxylic acids is 2. The van der Waals surface area contributed by atoms with Crippen LogP contribution in [0.15, 0.2) is 42.5 Å². The molecule has 0 atom stereocenters. The van der Waals surface area contributed by atoms with Crippen LogP contribution in [0.2, 0.25) is 0 Å². The van der Waals surface area contributed by atoms with Crippen LogP contribution in [-0.2, 0) is 0 Å².